The van der Waals surface area contributed by atoms with Crippen molar-refractivity contribution in [3.05, 3.63) is 59.2 Å². The molecular formula is C19H16F3N3O3. The van der Waals surface area contributed by atoms with Crippen molar-refractivity contribution in [3.63, 3.8) is 0 Å². The molecule has 0 aliphatic heterocycles. The fourth-order valence-electron chi connectivity index (χ4n) is 2.23. The van der Waals surface area contributed by atoms with Gasteiger partial charge in [0.2, 0.25) is 5.91 Å². The number of ether oxygens (including phenoxy) is 1. The minimum Gasteiger partial charge on any atom is -0.483 e. The molecule has 0 unspecified atom stereocenters. The summed E-state index contributed by atoms with van der Waals surface area (Å²) in [4.78, 5) is 24.0. The van der Waals surface area contributed by atoms with Crippen LogP contribution in [-0.4, -0.2) is 31.1 Å². The van der Waals surface area contributed by atoms with E-state index in [2.05, 4.69) is 15.4 Å². The standard InChI is InChI=1S/C19H16F3N3O3/c1-12-3-2-4-13(7-12)18(27)24-10-17(26)25-15-5-6-16(14(8-15)9-23)28-11-19(20,21)22/h2-8H,10-11H2,1H3,(H,24,27)(H,25,26). The second-order valence-electron chi connectivity index (χ2n) is 5.83. The molecule has 2 rings (SSSR count). The van der Waals surface area contributed by atoms with E-state index in [0.717, 1.165) is 11.6 Å². The Morgan fingerprint density at radius 3 is 2.57 bits per heavy atom. The summed E-state index contributed by atoms with van der Waals surface area (Å²) in [5.74, 6) is -1.23. The van der Waals surface area contributed by atoms with Crippen molar-refractivity contribution in [1.82, 2.24) is 5.32 Å². The van der Waals surface area contributed by atoms with Crippen molar-refractivity contribution < 1.29 is 27.5 Å². The van der Waals surface area contributed by atoms with Gasteiger partial charge in [-0.2, -0.15) is 18.4 Å². The van der Waals surface area contributed by atoms with Crippen LogP contribution in [0.5, 0.6) is 5.75 Å². The van der Waals surface area contributed by atoms with E-state index in [4.69, 9.17) is 5.26 Å². The first-order valence-electron chi connectivity index (χ1n) is 8.06. The molecule has 0 radical (unpaired) electrons. The molecular weight excluding hydrogens is 375 g/mol. The van der Waals surface area contributed by atoms with Crippen LogP contribution in [-0.2, 0) is 4.79 Å². The van der Waals surface area contributed by atoms with Crippen molar-refractivity contribution in [2.45, 2.75) is 13.1 Å². The number of hydrogen-bond acceptors (Lipinski definition) is 4. The van der Waals surface area contributed by atoms with Crippen LogP contribution in [0.15, 0.2) is 42.5 Å². The number of halogens is 3. The molecule has 0 aliphatic carbocycles. The number of amides is 2. The first-order chi connectivity index (χ1) is 13.2. The molecule has 6 nitrogen and oxygen atoms in total. The van der Waals surface area contributed by atoms with Gasteiger partial charge in [0, 0.05) is 11.3 Å². The van der Waals surface area contributed by atoms with E-state index in [1.165, 1.54) is 12.1 Å². The summed E-state index contributed by atoms with van der Waals surface area (Å²) >= 11 is 0. The maximum Gasteiger partial charge on any atom is 0.422 e. The van der Waals surface area contributed by atoms with Crippen LogP contribution in [0.4, 0.5) is 18.9 Å². The van der Waals surface area contributed by atoms with Crippen LogP contribution in [0.25, 0.3) is 0 Å². The third-order valence-corrected chi connectivity index (χ3v) is 3.46. The molecule has 0 saturated carbocycles. The fraction of sp³-hybridized carbons (Fsp3) is 0.211. The van der Waals surface area contributed by atoms with Crippen LogP contribution in [0.1, 0.15) is 21.5 Å². The lowest BCUT2D eigenvalue weighted by atomic mass is 10.1. The van der Waals surface area contributed by atoms with E-state index in [9.17, 15) is 22.8 Å². The second-order valence-corrected chi connectivity index (χ2v) is 5.83. The zero-order valence-electron chi connectivity index (χ0n) is 14.8. The van der Waals surface area contributed by atoms with Gasteiger partial charge in [-0.1, -0.05) is 17.7 Å². The van der Waals surface area contributed by atoms with Gasteiger partial charge in [-0.15, -0.1) is 0 Å². The molecule has 2 aromatic carbocycles. The number of nitriles is 1. The first kappa shape index (κ1) is 20.8. The van der Waals surface area contributed by atoms with Gasteiger partial charge >= 0.3 is 6.18 Å². The van der Waals surface area contributed by atoms with Crippen LogP contribution in [0.3, 0.4) is 0 Å². The zero-order chi connectivity index (χ0) is 20.7. The predicted octanol–water partition coefficient (Wildman–Crippen LogP) is 3.18. The van der Waals surface area contributed by atoms with E-state index in [1.54, 1.807) is 24.3 Å². The molecule has 0 aromatic heterocycles. The van der Waals surface area contributed by atoms with Crippen molar-refractivity contribution in [3.8, 4) is 11.8 Å². The molecule has 2 amide bonds. The number of benzene rings is 2. The van der Waals surface area contributed by atoms with Gasteiger partial charge in [0.25, 0.3) is 5.91 Å². The summed E-state index contributed by atoms with van der Waals surface area (Å²) < 4.78 is 41.2. The van der Waals surface area contributed by atoms with Crippen LogP contribution >= 0.6 is 0 Å². The molecule has 9 heteroatoms. The third kappa shape index (κ3) is 6.32. The lowest BCUT2D eigenvalue weighted by Crippen LogP contribution is -2.32. The minimum atomic E-state index is -4.53. The van der Waals surface area contributed by atoms with Crippen LogP contribution in [0, 0.1) is 18.3 Å². The molecule has 0 bridgehead atoms. The number of rotatable bonds is 6. The number of anilines is 1. The summed E-state index contributed by atoms with van der Waals surface area (Å²) in [6, 6.07) is 12.2. The average Bonchev–Trinajstić information content (AvgIpc) is 2.64. The average molecular weight is 391 g/mol. The molecule has 0 fully saturated rings. The Morgan fingerprint density at radius 2 is 1.93 bits per heavy atom. The van der Waals surface area contributed by atoms with E-state index in [1.807, 2.05) is 13.0 Å². The second kappa shape index (κ2) is 8.90. The lowest BCUT2D eigenvalue weighted by Gasteiger charge is -2.12. The van der Waals surface area contributed by atoms with Crippen molar-refractivity contribution in [2.75, 3.05) is 18.5 Å². The minimum absolute atomic E-state index is 0.161. The zero-order valence-corrected chi connectivity index (χ0v) is 14.8. The molecule has 0 heterocycles. The summed E-state index contributed by atoms with van der Waals surface area (Å²) in [5.41, 5.74) is 1.33. The number of carbonyl (C=O) groups is 2. The molecule has 0 saturated heterocycles. The number of nitrogens with one attached hydrogen (secondary N) is 2. The molecule has 2 N–H and O–H groups in total. The highest BCUT2D eigenvalue weighted by atomic mass is 19.4. The third-order valence-electron chi connectivity index (χ3n) is 3.46. The number of aryl methyl sites for hydroxylation is 1. The largest absolute Gasteiger partial charge is 0.483 e. The SMILES string of the molecule is Cc1cccc(C(=O)NCC(=O)Nc2ccc(OCC(F)(F)F)c(C#N)c2)c1. The van der Waals surface area contributed by atoms with Gasteiger partial charge in [-0.25, -0.2) is 0 Å². The molecule has 0 spiro atoms. The fourth-order valence-corrected chi connectivity index (χ4v) is 2.23. The van der Waals surface area contributed by atoms with Crippen molar-refractivity contribution >= 4 is 17.5 Å². The van der Waals surface area contributed by atoms with Gasteiger partial charge < -0.3 is 15.4 Å². The smallest absolute Gasteiger partial charge is 0.422 e. The number of alkyl halides is 3. The van der Waals surface area contributed by atoms with Gasteiger partial charge in [0.15, 0.2) is 6.61 Å². The number of nitrogens with zero attached hydrogens (tertiary/aromatic N) is 1. The Morgan fingerprint density at radius 1 is 1.18 bits per heavy atom. The molecule has 0 atom stereocenters. The highest BCUT2D eigenvalue weighted by Gasteiger charge is 2.28. The molecule has 0 aliphatic rings. The monoisotopic (exact) mass is 391 g/mol. The highest BCUT2D eigenvalue weighted by molar-refractivity contribution is 5.99. The predicted molar refractivity (Wildman–Crippen MR) is 94.8 cm³/mol. The van der Waals surface area contributed by atoms with E-state index in [0.29, 0.717) is 5.56 Å². The maximum absolute atomic E-state index is 12.2. The summed E-state index contributed by atoms with van der Waals surface area (Å²) in [6.45, 7) is -0.0161. The molecule has 2 aromatic rings. The van der Waals surface area contributed by atoms with Gasteiger partial charge in [0.05, 0.1) is 12.1 Å². The van der Waals surface area contributed by atoms with Crippen molar-refractivity contribution in [2.24, 2.45) is 0 Å². The Bertz CT molecular complexity index is 921. The number of hydrogen-bond donors (Lipinski definition) is 2. The lowest BCUT2D eigenvalue weighted by molar-refractivity contribution is -0.153. The quantitative estimate of drug-likeness (QED) is 0.791. The molecule has 146 valence electrons. The van der Waals surface area contributed by atoms with Gasteiger partial charge in [-0.05, 0) is 37.3 Å². The Kier molecular flexibility index (Phi) is 6.60. The Balaban J connectivity index is 1.94. The first-order valence-corrected chi connectivity index (χ1v) is 8.06. The van der Waals surface area contributed by atoms with E-state index in [-0.39, 0.29) is 23.5 Å². The summed E-state index contributed by atoms with van der Waals surface area (Å²) in [6.07, 6.45) is -4.53. The highest BCUT2D eigenvalue weighted by Crippen LogP contribution is 2.24. The van der Waals surface area contributed by atoms with E-state index < -0.39 is 24.6 Å². The van der Waals surface area contributed by atoms with Crippen LogP contribution < -0.4 is 15.4 Å². The maximum atomic E-state index is 12.2. The van der Waals surface area contributed by atoms with Crippen LogP contribution in [0.2, 0.25) is 0 Å². The normalized spacial score (nSPS) is 10.7. The van der Waals surface area contributed by atoms with Crippen molar-refractivity contribution in [1.29, 1.82) is 5.26 Å². The van der Waals surface area contributed by atoms with E-state index >= 15 is 0 Å². The van der Waals surface area contributed by atoms with Gasteiger partial charge in [0.1, 0.15) is 11.8 Å². The van der Waals surface area contributed by atoms with Gasteiger partial charge in [-0.3, -0.25) is 9.59 Å². The summed E-state index contributed by atoms with van der Waals surface area (Å²) in [7, 11) is 0. The molecule has 28 heavy (non-hydrogen) atoms. The Labute approximate surface area is 158 Å². The summed E-state index contributed by atoms with van der Waals surface area (Å²) in [5, 5.41) is 14.0. The topological polar surface area (TPSA) is 91.2 Å². The number of carbonyl (C=O) groups excluding carboxylic acids is 2. The Hall–Kier alpha value is -3.54.